The Morgan fingerprint density at radius 1 is 1.12 bits per heavy atom. The second-order valence-electron chi connectivity index (χ2n) is 8.06. The maximum atomic E-state index is 13.2. The number of hydrogen-bond acceptors (Lipinski definition) is 7. The van der Waals surface area contributed by atoms with Gasteiger partial charge in [-0.2, -0.15) is 9.40 Å². The van der Waals surface area contributed by atoms with Gasteiger partial charge in [-0.1, -0.05) is 12.8 Å². The number of nitrogens with one attached hydrogen (secondary N) is 1. The van der Waals surface area contributed by atoms with Crippen molar-refractivity contribution in [2.45, 2.75) is 50.5 Å². The highest BCUT2D eigenvalue weighted by atomic mass is 32.2. The Labute approximate surface area is 193 Å². The maximum absolute atomic E-state index is 13.2. The summed E-state index contributed by atoms with van der Waals surface area (Å²) in [7, 11) is -2.48. The SMILES string of the molecule is COc1ccc(C(=O)OCC(=O)Nc2ccnn2C(C)C)cc1S(=O)(=O)N1CCCCCC1. The molecule has 10 nitrogen and oxygen atoms in total. The molecule has 2 heterocycles. The lowest BCUT2D eigenvalue weighted by atomic mass is 10.2. The summed E-state index contributed by atoms with van der Waals surface area (Å²) in [5, 5.41) is 6.77. The van der Waals surface area contributed by atoms with Crippen LogP contribution in [-0.4, -0.2) is 61.2 Å². The molecule has 1 N–H and O–H groups in total. The number of methoxy groups -OCH3 is 1. The van der Waals surface area contributed by atoms with Gasteiger partial charge in [0.2, 0.25) is 10.0 Å². The first-order valence-corrected chi connectivity index (χ1v) is 12.4. The summed E-state index contributed by atoms with van der Waals surface area (Å²) < 4.78 is 39.9. The number of nitrogens with zero attached hydrogens (tertiary/aromatic N) is 3. The van der Waals surface area contributed by atoms with E-state index in [2.05, 4.69) is 10.4 Å². The van der Waals surface area contributed by atoms with Gasteiger partial charge in [0.1, 0.15) is 16.5 Å². The van der Waals surface area contributed by atoms with Gasteiger partial charge in [-0.25, -0.2) is 17.9 Å². The zero-order valence-corrected chi connectivity index (χ0v) is 19.9. The first-order valence-electron chi connectivity index (χ1n) is 10.9. The number of aromatic nitrogens is 2. The van der Waals surface area contributed by atoms with Gasteiger partial charge in [-0.3, -0.25) is 4.79 Å². The van der Waals surface area contributed by atoms with Crippen molar-refractivity contribution in [1.29, 1.82) is 0 Å². The standard InChI is InChI=1S/C22H30N4O6S/c1-16(2)26-20(10-11-23-26)24-21(27)15-32-22(28)17-8-9-18(31-3)19(14-17)33(29,30)25-12-6-4-5-7-13-25/h8-11,14,16H,4-7,12-13,15H2,1-3H3,(H,24,27). The molecule has 1 fully saturated rings. The first kappa shape index (κ1) is 24.7. The summed E-state index contributed by atoms with van der Waals surface area (Å²) in [6, 6.07) is 5.76. The number of rotatable bonds is 8. The molecular weight excluding hydrogens is 448 g/mol. The minimum Gasteiger partial charge on any atom is -0.495 e. The van der Waals surface area contributed by atoms with Gasteiger partial charge >= 0.3 is 5.97 Å². The normalized spacial score (nSPS) is 15.2. The highest BCUT2D eigenvalue weighted by Gasteiger charge is 2.29. The Kier molecular flexibility index (Phi) is 8.09. The zero-order chi connectivity index (χ0) is 24.0. The van der Waals surface area contributed by atoms with Crippen LogP contribution in [0.5, 0.6) is 5.75 Å². The second kappa shape index (κ2) is 10.8. The predicted molar refractivity (Wildman–Crippen MR) is 122 cm³/mol. The predicted octanol–water partition coefficient (Wildman–Crippen LogP) is 2.83. The number of benzene rings is 1. The van der Waals surface area contributed by atoms with Crippen LogP contribution >= 0.6 is 0 Å². The van der Waals surface area contributed by atoms with E-state index in [1.807, 2.05) is 13.8 Å². The highest BCUT2D eigenvalue weighted by molar-refractivity contribution is 7.89. The quantitative estimate of drug-likeness (QED) is 0.579. The monoisotopic (exact) mass is 478 g/mol. The Morgan fingerprint density at radius 2 is 1.82 bits per heavy atom. The van der Waals surface area contributed by atoms with Crippen LogP contribution < -0.4 is 10.1 Å². The maximum Gasteiger partial charge on any atom is 0.338 e. The molecule has 0 aliphatic carbocycles. The number of esters is 1. The molecule has 1 aromatic carbocycles. The van der Waals surface area contributed by atoms with E-state index < -0.39 is 28.5 Å². The fourth-order valence-electron chi connectivity index (χ4n) is 3.64. The van der Waals surface area contributed by atoms with Gasteiger partial charge in [0.25, 0.3) is 5.91 Å². The van der Waals surface area contributed by atoms with Gasteiger partial charge in [-0.05, 0) is 44.9 Å². The van der Waals surface area contributed by atoms with Crippen LogP contribution in [0.4, 0.5) is 5.82 Å². The minimum atomic E-state index is -3.85. The van der Waals surface area contributed by atoms with Crippen LogP contribution in [0, 0.1) is 0 Å². The van der Waals surface area contributed by atoms with Gasteiger partial charge < -0.3 is 14.8 Å². The van der Waals surface area contributed by atoms with Crippen molar-refractivity contribution in [3.05, 3.63) is 36.0 Å². The molecule has 0 spiro atoms. The number of carbonyl (C=O) groups is 2. The molecule has 1 amide bonds. The summed E-state index contributed by atoms with van der Waals surface area (Å²) in [5.74, 6) is -0.703. The third-order valence-corrected chi connectivity index (χ3v) is 7.26. The van der Waals surface area contributed by atoms with Crippen LogP contribution in [0.25, 0.3) is 0 Å². The van der Waals surface area contributed by atoms with Crippen LogP contribution in [0.15, 0.2) is 35.4 Å². The molecule has 0 atom stereocenters. The third-order valence-electron chi connectivity index (χ3n) is 5.34. The molecule has 1 aliphatic rings. The van der Waals surface area contributed by atoms with Crippen molar-refractivity contribution in [3.63, 3.8) is 0 Å². The number of carbonyl (C=O) groups excluding carboxylic acids is 2. The molecule has 0 saturated carbocycles. The van der Waals surface area contributed by atoms with E-state index in [0.717, 1.165) is 25.7 Å². The summed E-state index contributed by atoms with van der Waals surface area (Å²) in [4.78, 5) is 24.7. The van der Waals surface area contributed by atoms with E-state index in [1.165, 1.54) is 29.6 Å². The molecule has 3 rings (SSSR count). The van der Waals surface area contributed by atoms with Gasteiger partial charge in [-0.15, -0.1) is 0 Å². The third kappa shape index (κ3) is 5.91. The van der Waals surface area contributed by atoms with E-state index in [9.17, 15) is 18.0 Å². The van der Waals surface area contributed by atoms with Crippen molar-refractivity contribution in [1.82, 2.24) is 14.1 Å². The largest absolute Gasteiger partial charge is 0.495 e. The average molecular weight is 479 g/mol. The highest BCUT2D eigenvalue weighted by Crippen LogP contribution is 2.29. The van der Waals surface area contributed by atoms with E-state index in [-0.39, 0.29) is 22.3 Å². The molecule has 33 heavy (non-hydrogen) atoms. The Bertz CT molecular complexity index is 1090. The van der Waals surface area contributed by atoms with E-state index in [0.29, 0.717) is 18.9 Å². The molecule has 180 valence electrons. The molecule has 0 unspecified atom stereocenters. The van der Waals surface area contributed by atoms with Gasteiger partial charge in [0.15, 0.2) is 6.61 Å². The Balaban J connectivity index is 1.72. The minimum absolute atomic E-state index is 0.0178. The number of sulfonamides is 1. The molecule has 2 aromatic rings. The van der Waals surface area contributed by atoms with Gasteiger partial charge in [0.05, 0.1) is 18.9 Å². The lowest BCUT2D eigenvalue weighted by Crippen LogP contribution is -2.32. The number of amides is 1. The smallest absolute Gasteiger partial charge is 0.338 e. The fraction of sp³-hybridized carbons (Fsp3) is 0.500. The van der Waals surface area contributed by atoms with Crippen molar-refractivity contribution in [2.24, 2.45) is 0 Å². The summed E-state index contributed by atoms with van der Waals surface area (Å²) in [6.45, 7) is 4.16. The summed E-state index contributed by atoms with van der Waals surface area (Å²) in [5.41, 5.74) is 0.0178. The molecule has 0 radical (unpaired) electrons. The fourth-order valence-corrected chi connectivity index (χ4v) is 5.34. The Morgan fingerprint density at radius 3 is 2.45 bits per heavy atom. The van der Waals surface area contributed by atoms with E-state index >= 15 is 0 Å². The molecule has 1 aliphatic heterocycles. The second-order valence-corrected chi connectivity index (χ2v) is 9.97. The molecular formula is C22H30N4O6S. The van der Waals surface area contributed by atoms with E-state index in [4.69, 9.17) is 9.47 Å². The molecule has 0 bridgehead atoms. The summed E-state index contributed by atoms with van der Waals surface area (Å²) >= 11 is 0. The average Bonchev–Trinajstić information content (AvgIpc) is 3.07. The van der Waals surface area contributed by atoms with Crippen LogP contribution in [0.1, 0.15) is 55.9 Å². The molecule has 1 saturated heterocycles. The molecule has 1 aromatic heterocycles. The molecule has 11 heteroatoms. The number of ether oxygens (including phenoxy) is 2. The van der Waals surface area contributed by atoms with Crippen LogP contribution in [0.3, 0.4) is 0 Å². The lowest BCUT2D eigenvalue weighted by Gasteiger charge is -2.21. The van der Waals surface area contributed by atoms with Crippen molar-refractivity contribution < 1.29 is 27.5 Å². The lowest BCUT2D eigenvalue weighted by molar-refractivity contribution is -0.119. The van der Waals surface area contributed by atoms with Crippen molar-refractivity contribution in [3.8, 4) is 5.75 Å². The zero-order valence-electron chi connectivity index (χ0n) is 19.1. The number of hydrogen-bond donors (Lipinski definition) is 1. The summed E-state index contributed by atoms with van der Waals surface area (Å²) in [6.07, 6.45) is 5.10. The van der Waals surface area contributed by atoms with Crippen LogP contribution in [0.2, 0.25) is 0 Å². The van der Waals surface area contributed by atoms with Gasteiger partial charge in [0, 0.05) is 25.2 Å². The van der Waals surface area contributed by atoms with Crippen molar-refractivity contribution >= 4 is 27.7 Å². The van der Waals surface area contributed by atoms with Crippen molar-refractivity contribution in [2.75, 3.05) is 32.1 Å². The van der Waals surface area contributed by atoms with E-state index in [1.54, 1.807) is 16.9 Å². The topological polar surface area (TPSA) is 120 Å². The Hall–Kier alpha value is -2.92. The number of anilines is 1. The van der Waals surface area contributed by atoms with Crippen LogP contribution in [-0.2, 0) is 19.6 Å². The first-order chi connectivity index (χ1) is 15.7.